The van der Waals surface area contributed by atoms with Crippen LogP contribution in [0.2, 0.25) is 17.5 Å². The molecule has 0 aromatic carbocycles. The second-order valence-electron chi connectivity index (χ2n) is 7.37. The van der Waals surface area contributed by atoms with E-state index in [1.165, 1.54) is 0 Å². The molecule has 0 unspecified atom stereocenters. The summed E-state index contributed by atoms with van der Waals surface area (Å²) in [7, 11) is 0. The summed E-state index contributed by atoms with van der Waals surface area (Å²) in [6.45, 7) is 21.8. The molecule has 0 saturated carbocycles. The maximum absolute atomic E-state index is 2.49. The van der Waals surface area contributed by atoms with E-state index >= 15 is 0 Å². The Bertz CT molecular complexity index is 151. The van der Waals surface area contributed by atoms with Gasteiger partial charge in [-0.15, -0.1) is 0 Å². The Morgan fingerprint density at radius 2 is 0.625 bits per heavy atom. The predicted octanol–water partition coefficient (Wildman–Crippen LogP) is 5.35. The first kappa shape index (κ1) is 16.1. The summed E-state index contributed by atoms with van der Waals surface area (Å²) in [6, 6.07) is 0. The molecule has 0 N–H and O–H groups in total. The van der Waals surface area contributed by atoms with Gasteiger partial charge in [0.05, 0.1) is 0 Å². The molecule has 0 heterocycles. The molecule has 0 aliphatic heterocycles. The molecule has 3 atom stereocenters. The first-order valence-corrected chi connectivity index (χ1v) is 7.42. The third-order valence-corrected chi connectivity index (χ3v) is 5.64. The highest BCUT2D eigenvalue weighted by Gasteiger charge is 2.27. The quantitative estimate of drug-likeness (QED) is 0.534. The van der Waals surface area contributed by atoms with Crippen LogP contribution < -0.4 is 0 Å². The van der Waals surface area contributed by atoms with E-state index in [9.17, 15) is 0 Å². The third-order valence-electron chi connectivity index (χ3n) is 5.64. The van der Waals surface area contributed by atoms with Crippen molar-refractivity contribution in [3.05, 3.63) is 0 Å². The molecule has 16 heavy (non-hydrogen) atoms. The Morgan fingerprint density at radius 3 is 0.750 bits per heavy atom. The van der Waals surface area contributed by atoms with Crippen molar-refractivity contribution in [2.24, 2.45) is 17.8 Å². The van der Waals surface area contributed by atoms with Gasteiger partial charge in [0.15, 0.2) is 0 Å². The van der Waals surface area contributed by atoms with Crippen LogP contribution in [-0.2, 0) is 0 Å². The molecule has 0 aliphatic rings. The van der Waals surface area contributed by atoms with Gasteiger partial charge in [0, 0.05) is 0 Å². The van der Waals surface area contributed by atoms with Gasteiger partial charge in [-0.3, -0.25) is 0 Å². The number of hydrogen-bond donors (Lipinski definition) is 0. The summed E-state index contributed by atoms with van der Waals surface area (Å²) in [6.07, 6.45) is 0. The van der Waals surface area contributed by atoms with Gasteiger partial charge >= 0.3 is 0 Å². The van der Waals surface area contributed by atoms with E-state index in [1.807, 2.05) is 0 Å². The van der Waals surface area contributed by atoms with E-state index in [4.69, 9.17) is 0 Å². The van der Waals surface area contributed by atoms with Gasteiger partial charge in [0.1, 0.15) is 0 Å². The van der Waals surface area contributed by atoms with Gasteiger partial charge in [-0.1, -0.05) is 80.1 Å². The SMILES string of the molecule is CC(C)[C@@H](C)[BH-]([C@H](C)C(C)C)[C@H](C)C(C)C. The molecule has 0 amide bonds. The molecule has 0 spiro atoms. The highest BCUT2D eigenvalue weighted by Crippen LogP contribution is 2.41. The smallest absolute Gasteiger partial charge is 0.00669 e. The average Bonchev–Trinajstić information content (AvgIpc) is 2.16. The number of hydrogen-bond acceptors (Lipinski definition) is 0. The van der Waals surface area contributed by atoms with Crippen LogP contribution in [0.4, 0.5) is 0 Å². The zero-order chi connectivity index (χ0) is 13.0. The summed E-state index contributed by atoms with van der Waals surface area (Å²) in [5.74, 6) is 5.24. The second-order valence-corrected chi connectivity index (χ2v) is 7.37. The minimum Gasteiger partial charge on any atom is -0.169 e. The molecule has 0 aromatic rings. The van der Waals surface area contributed by atoms with Crippen LogP contribution in [0.25, 0.3) is 0 Å². The lowest BCUT2D eigenvalue weighted by atomic mass is 9.25. The summed E-state index contributed by atoms with van der Waals surface area (Å²) in [5.41, 5.74) is 0. The molecule has 98 valence electrons. The molecule has 0 nitrogen and oxygen atoms in total. The van der Waals surface area contributed by atoms with Crippen LogP contribution in [-0.4, -0.2) is 6.71 Å². The molecule has 0 fully saturated rings. The zero-order valence-corrected chi connectivity index (χ0v) is 13.2. The molecular formula is C15H34B-. The number of rotatable bonds is 6. The Morgan fingerprint density at radius 1 is 0.438 bits per heavy atom. The summed E-state index contributed by atoms with van der Waals surface area (Å²) in [4.78, 5) is 0. The molecule has 0 rings (SSSR count). The standard InChI is InChI=1S/C15H34B/c1-10(2)13(7)16(14(8)11(3)4)15(9)12(5)6/h10-16H,1-9H3/q-1/t13-,14-,15-/m1/s1. The molecule has 0 radical (unpaired) electrons. The van der Waals surface area contributed by atoms with Gasteiger partial charge in [0.2, 0.25) is 0 Å². The Hall–Kier alpha value is 0.0649. The minimum atomic E-state index is -0.0694. The van der Waals surface area contributed by atoms with E-state index in [2.05, 4.69) is 62.3 Å². The third kappa shape index (κ3) is 4.15. The maximum atomic E-state index is 2.49. The van der Waals surface area contributed by atoms with Crippen molar-refractivity contribution in [3.63, 3.8) is 0 Å². The topological polar surface area (TPSA) is 0 Å². The van der Waals surface area contributed by atoms with Crippen molar-refractivity contribution in [1.29, 1.82) is 0 Å². The second kappa shape index (κ2) is 6.72. The lowest BCUT2D eigenvalue weighted by Gasteiger charge is -2.46. The van der Waals surface area contributed by atoms with Crippen molar-refractivity contribution in [2.75, 3.05) is 0 Å². The zero-order valence-electron chi connectivity index (χ0n) is 13.2. The van der Waals surface area contributed by atoms with Crippen LogP contribution in [0.5, 0.6) is 0 Å². The monoisotopic (exact) mass is 225 g/mol. The molecule has 0 saturated heterocycles. The van der Waals surface area contributed by atoms with Crippen molar-refractivity contribution in [1.82, 2.24) is 0 Å². The van der Waals surface area contributed by atoms with Crippen molar-refractivity contribution < 1.29 is 0 Å². The van der Waals surface area contributed by atoms with Gasteiger partial charge in [-0.2, -0.15) is 17.5 Å². The van der Waals surface area contributed by atoms with Crippen LogP contribution in [0, 0.1) is 17.8 Å². The summed E-state index contributed by atoms with van der Waals surface area (Å²) >= 11 is 0. The van der Waals surface area contributed by atoms with Gasteiger partial charge in [-0.05, 0) is 6.71 Å². The van der Waals surface area contributed by atoms with E-state index in [-0.39, 0.29) is 6.71 Å². The van der Waals surface area contributed by atoms with Crippen LogP contribution >= 0.6 is 0 Å². The predicted molar refractivity (Wildman–Crippen MR) is 79.9 cm³/mol. The van der Waals surface area contributed by atoms with E-state index in [0.717, 1.165) is 35.2 Å². The first-order chi connectivity index (χ1) is 7.20. The lowest BCUT2D eigenvalue weighted by Crippen LogP contribution is -2.35. The van der Waals surface area contributed by atoms with E-state index in [0.29, 0.717) is 0 Å². The Kier molecular flexibility index (Phi) is 6.74. The van der Waals surface area contributed by atoms with Crippen LogP contribution in [0.3, 0.4) is 0 Å². The molecule has 0 aliphatic carbocycles. The largest absolute Gasteiger partial charge is 0.169 e. The average molecular weight is 225 g/mol. The first-order valence-electron chi connectivity index (χ1n) is 7.42. The van der Waals surface area contributed by atoms with Crippen molar-refractivity contribution in [3.8, 4) is 0 Å². The molecule has 1 heteroatoms. The minimum absolute atomic E-state index is 0.0694. The van der Waals surface area contributed by atoms with Crippen LogP contribution in [0.1, 0.15) is 62.3 Å². The van der Waals surface area contributed by atoms with E-state index < -0.39 is 0 Å². The Labute approximate surface area is 105 Å². The summed E-state index contributed by atoms with van der Waals surface area (Å²) < 4.78 is 0. The highest BCUT2D eigenvalue weighted by atomic mass is 14.2. The summed E-state index contributed by atoms with van der Waals surface area (Å²) in [5, 5.41) is 0. The van der Waals surface area contributed by atoms with E-state index in [1.54, 1.807) is 0 Å². The fourth-order valence-electron chi connectivity index (χ4n) is 3.39. The van der Waals surface area contributed by atoms with Gasteiger partial charge in [0.25, 0.3) is 0 Å². The molecular weight excluding hydrogens is 191 g/mol. The van der Waals surface area contributed by atoms with Crippen LogP contribution in [0.15, 0.2) is 0 Å². The Balaban J connectivity index is 4.89. The molecule has 0 bridgehead atoms. The lowest BCUT2D eigenvalue weighted by molar-refractivity contribution is 0.518. The fourth-order valence-corrected chi connectivity index (χ4v) is 3.39. The highest BCUT2D eigenvalue weighted by molar-refractivity contribution is 6.63. The fraction of sp³-hybridized carbons (Fsp3) is 1.00. The molecule has 0 aromatic heterocycles. The normalized spacial score (nSPS) is 18.6. The van der Waals surface area contributed by atoms with Crippen molar-refractivity contribution in [2.45, 2.75) is 79.8 Å². The van der Waals surface area contributed by atoms with Gasteiger partial charge < -0.3 is 0 Å². The van der Waals surface area contributed by atoms with Gasteiger partial charge in [-0.25, -0.2) is 0 Å². The van der Waals surface area contributed by atoms with Crippen molar-refractivity contribution >= 4 is 6.71 Å². The maximum Gasteiger partial charge on any atom is -0.00669 e.